The van der Waals surface area contributed by atoms with E-state index in [-0.39, 0.29) is 48.3 Å². The van der Waals surface area contributed by atoms with Gasteiger partial charge >= 0.3 is 5.97 Å². The Bertz CT molecular complexity index is 2300. The van der Waals surface area contributed by atoms with Crippen LogP contribution < -0.4 is 10.7 Å². The van der Waals surface area contributed by atoms with Gasteiger partial charge in [-0.05, 0) is 119 Å². The number of hydrazine groups is 1. The van der Waals surface area contributed by atoms with Crippen LogP contribution >= 0.6 is 11.8 Å². The van der Waals surface area contributed by atoms with Crippen LogP contribution in [0, 0.1) is 23.2 Å². The van der Waals surface area contributed by atoms with Gasteiger partial charge in [0, 0.05) is 66.6 Å². The van der Waals surface area contributed by atoms with Crippen LogP contribution in [0.2, 0.25) is 0 Å². The second-order valence-corrected chi connectivity index (χ2v) is 21.1. The van der Waals surface area contributed by atoms with Gasteiger partial charge in [0.2, 0.25) is 5.91 Å². The molecule has 14 nitrogen and oxygen atoms in total. The van der Waals surface area contributed by atoms with Crippen molar-refractivity contribution >= 4 is 45.5 Å². The van der Waals surface area contributed by atoms with Crippen molar-refractivity contribution in [2.75, 3.05) is 58.9 Å². The Morgan fingerprint density at radius 2 is 1.83 bits per heavy atom. The van der Waals surface area contributed by atoms with E-state index in [1.807, 2.05) is 6.92 Å². The molecule has 7 heterocycles. The summed E-state index contributed by atoms with van der Waals surface area (Å²) in [6.07, 6.45) is 4.90. The van der Waals surface area contributed by atoms with Crippen molar-refractivity contribution in [3.63, 3.8) is 0 Å². The zero-order valence-electron chi connectivity index (χ0n) is 39.6. The van der Waals surface area contributed by atoms with Gasteiger partial charge in [0.1, 0.15) is 23.2 Å². The van der Waals surface area contributed by atoms with E-state index in [4.69, 9.17) is 28.9 Å². The maximum atomic E-state index is 14.7. The molecule has 9 rings (SSSR count). The van der Waals surface area contributed by atoms with Gasteiger partial charge in [-0.3, -0.25) is 34.3 Å². The molecular formula is C50H69N7O7S. The summed E-state index contributed by atoms with van der Waals surface area (Å²) in [5.74, 6) is 0.419. The summed E-state index contributed by atoms with van der Waals surface area (Å²) in [4.78, 5) is 55.6. The number of aryl methyl sites for hydroxylation is 1. The first-order valence-corrected chi connectivity index (χ1v) is 25.2. The molecule has 1 saturated carbocycles. The molecule has 65 heavy (non-hydrogen) atoms. The number of nitrogens with zero attached hydrogens (tertiary/aromatic N) is 5. The highest BCUT2D eigenvalue weighted by atomic mass is 32.2. The number of nitrogens with one attached hydrogen (secondary N) is 2. The fourth-order valence-corrected chi connectivity index (χ4v) is 12.0. The molecule has 3 saturated heterocycles. The van der Waals surface area contributed by atoms with Crippen molar-refractivity contribution < 1.29 is 33.3 Å². The van der Waals surface area contributed by atoms with E-state index in [0.717, 1.165) is 79.1 Å². The van der Waals surface area contributed by atoms with Crippen LogP contribution in [0.1, 0.15) is 115 Å². The molecule has 0 radical (unpaired) electrons. The van der Waals surface area contributed by atoms with Gasteiger partial charge in [-0.25, -0.2) is 5.43 Å². The molecule has 3 aromatic rings. The number of carbonyl (C=O) groups excluding carboxylic acids is 3. The molecule has 1 aromatic carbocycles. The number of fused-ring (bicyclic) bond motifs is 5. The largest absolute Gasteiger partial charge is 0.464 e. The molecule has 2 unspecified atom stereocenters. The Morgan fingerprint density at radius 3 is 2.51 bits per heavy atom. The third-order valence-corrected chi connectivity index (χ3v) is 16.3. The van der Waals surface area contributed by atoms with Crippen LogP contribution in [0.25, 0.3) is 22.2 Å². The highest BCUT2D eigenvalue weighted by molar-refractivity contribution is 8.14. The van der Waals surface area contributed by atoms with Crippen LogP contribution in [0.4, 0.5) is 0 Å². The molecule has 8 atom stereocenters. The molecule has 4 fully saturated rings. The van der Waals surface area contributed by atoms with Crippen molar-refractivity contribution in [3.8, 4) is 11.3 Å². The lowest BCUT2D eigenvalue weighted by molar-refractivity contribution is -0.156. The second kappa shape index (κ2) is 19.0. The molecule has 2 N–H and O–H groups in total. The lowest BCUT2D eigenvalue weighted by Gasteiger charge is -2.41. The molecule has 6 bridgehead atoms. The Labute approximate surface area is 388 Å². The van der Waals surface area contributed by atoms with Crippen LogP contribution in [-0.4, -0.2) is 125 Å². The van der Waals surface area contributed by atoms with Gasteiger partial charge in [0.25, 0.3) is 5.91 Å². The number of amides is 2. The van der Waals surface area contributed by atoms with Crippen molar-refractivity contribution in [2.45, 2.75) is 129 Å². The minimum absolute atomic E-state index is 0.159. The van der Waals surface area contributed by atoms with E-state index in [1.165, 1.54) is 16.1 Å². The average molecular weight is 912 g/mol. The number of aliphatic imine (C=N–C) groups is 1. The van der Waals surface area contributed by atoms with E-state index in [0.29, 0.717) is 55.2 Å². The van der Waals surface area contributed by atoms with Gasteiger partial charge in [-0.2, -0.15) is 0 Å². The van der Waals surface area contributed by atoms with E-state index in [9.17, 15) is 14.4 Å². The third-order valence-electron chi connectivity index (χ3n) is 15.2. The van der Waals surface area contributed by atoms with Crippen molar-refractivity contribution in [1.82, 2.24) is 30.2 Å². The van der Waals surface area contributed by atoms with Crippen LogP contribution in [-0.2, 0) is 46.3 Å². The molecular weight excluding hydrogens is 843 g/mol. The lowest BCUT2D eigenvalue weighted by atomic mass is 9.83. The summed E-state index contributed by atoms with van der Waals surface area (Å²) in [5, 5.41) is 6.43. The smallest absolute Gasteiger partial charge is 0.324 e. The normalized spacial score (nSPS) is 29.5. The molecule has 2 aromatic heterocycles. The molecule has 5 aliphatic heterocycles. The first-order valence-electron chi connectivity index (χ1n) is 24.2. The minimum atomic E-state index is -1.04. The number of benzene rings is 1. The van der Waals surface area contributed by atoms with Crippen molar-refractivity contribution in [2.24, 2.45) is 28.2 Å². The number of rotatable bonds is 10. The van der Waals surface area contributed by atoms with Gasteiger partial charge in [-0.1, -0.05) is 33.8 Å². The predicted molar refractivity (Wildman–Crippen MR) is 253 cm³/mol. The number of ether oxygens (including phenoxy) is 4. The van der Waals surface area contributed by atoms with E-state index in [2.05, 4.69) is 92.2 Å². The number of piperidine rings is 1. The SMILES string of the molecule is CCO[C@@H]1C2=NC(CS2)c2ccc3c(c2)c(c(-c2cc(C4CCN(C5COC5)CC4)cnc2[C@H](C)OC)n3CC)CC(C)(C)COC(=O)[C@@H]2CCCN(N2)C(=O)[C@H]1NC(=O)C1[C@@H](C)[C@H]1C. The highest BCUT2D eigenvalue weighted by Crippen LogP contribution is 2.46. The number of methoxy groups -OCH3 is 1. The van der Waals surface area contributed by atoms with Gasteiger partial charge < -0.3 is 28.8 Å². The van der Waals surface area contributed by atoms with Crippen LogP contribution in [0.3, 0.4) is 0 Å². The number of carbonyl (C=O) groups is 3. The van der Waals surface area contributed by atoms with Gasteiger partial charge in [0.05, 0.1) is 49.4 Å². The highest BCUT2D eigenvalue weighted by Gasteiger charge is 2.50. The number of hydrogen-bond donors (Lipinski definition) is 2. The minimum Gasteiger partial charge on any atom is -0.464 e. The summed E-state index contributed by atoms with van der Waals surface area (Å²) < 4.78 is 26.6. The van der Waals surface area contributed by atoms with Crippen LogP contribution in [0.5, 0.6) is 0 Å². The summed E-state index contributed by atoms with van der Waals surface area (Å²) in [7, 11) is 1.74. The summed E-state index contributed by atoms with van der Waals surface area (Å²) in [6, 6.07) is 7.68. The lowest BCUT2D eigenvalue weighted by Crippen LogP contribution is -2.63. The standard InChI is InChI=1S/C50H69N7O7S/c1-9-56-40-14-13-32-20-35(40)37(44(56)36-21-33(23-51-42(36)30(5)61-8)31-15-18-55(19-16-31)34-24-62-25-34)22-50(6,7)27-64-49(60)38-12-11-17-57(54-38)48(59)43(53-46(58)41-28(3)29(41)4)45(63-10-2)47-52-39(32)26-65-47/h13-14,20-21,23,28-31,34,38-39,41,43,45,54H,9-12,15-19,22,24-27H2,1-8H3,(H,53,58)/t28-,29+,30-,38-,39?,41?,43-,45-/m0/s1. The Hall–Kier alpha value is -3.86. The number of cyclic esters (lactones) is 1. The topological polar surface area (TPSA) is 149 Å². The molecule has 352 valence electrons. The maximum Gasteiger partial charge on any atom is 0.324 e. The van der Waals surface area contributed by atoms with Gasteiger partial charge in [-0.15, -0.1) is 11.8 Å². The van der Waals surface area contributed by atoms with E-state index < -0.39 is 29.6 Å². The molecule has 15 heteroatoms. The maximum absolute atomic E-state index is 14.7. The fourth-order valence-electron chi connectivity index (χ4n) is 10.9. The average Bonchev–Trinajstić information content (AvgIpc) is 3.57. The Morgan fingerprint density at radius 1 is 1.06 bits per heavy atom. The van der Waals surface area contributed by atoms with E-state index >= 15 is 0 Å². The number of pyridine rings is 1. The molecule has 1 aliphatic carbocycles. The molecule has 0 spiro atoms. The second-order valence-electron chi connectivity index (χ2n) is 20.1. The quantitative estimate of drug-likeness (QED) is 0.212. The zero-order valence-corrected chi connectivity index (χ0v) is 40.4. The molecule has 2 amide bonds. The Kier molecular flexibility index (Phi) is 13.5. The third kappa shape index (κ3) is 9.14. The first kappa shape index (κ1) is 46.3. The Balaban J connectivity index is 1.16. The van der Waals surface area contributed by atoms with Crippen LogP contribution in [0.15, 0.2) is 35.5 Å². The number of esters is 1. The number of likely N-dealkylation sites (tertiary alicyclic amines) is 1. The first-order chi connectivity index (χ1) is 31.3. The summed E-state index contributed by atoms with van der Waals surface area (Å²) in [5.41, 5.74) is 10.4. The summed E-state index contributed by atoms with van der Waals surface area (Å²) >= 11 is 1.58. The predicted octanol–water partition coefficient (Wildman–Crippen LogP) is 6.61. The number of aromatic nitrogens is 2. The monoisotopic (exact) mass is 911 g/mol. The summed E-state index contributed by atoms with van der Waals surface area (Å²) in [6.45, 7) is 20.0. The van der Waals surface area contributed by atoms with Crippen molar-refractivity contribution in [3.05, 3.63) is 52.8 Å². The number of hydrogen-bond acceptors (Lipinski definition) is 12. The van der Waals surface area contributed by atoms with E-state index in [1.54, 1.807) is 18.9 Å². The number of thioether (sulfide) groups is 1. The van der Waals surface area contributed by atoms with Crippen molar-refractivity contribution in [1.29, 1.82) is 0 Å². The fraction of sp³-hybridized carbons (Fsp3) is 0.660. The zero-order chi connectivity index (χ0) is 45.7. The molecule has 6 aliphatic rings. The van der Waals surface area contributed by atoms with Gasteiger partial charge in [0.15, 0.2) is 0 Å².